The van der Waals surface area contributed by atoms with E-state index in [-0.39, 0.29) is 5.91 Å². The molecule has 0 atom stereocenters. The molecule has 0 aliphatic heterocycles. The van der Waals surface area contributed by atoms with Crippen LogP contribution in [0.25, 0.3) is 0 Å². The highest BCUT2D eigenvalue weighted by molar-refractivity contribution is 9.10. The van der Waals surface area contributed by atoms with Crippen LogP contribution in [0, 0.1) is 0 Å². The lowest BCUT2D eigenvalue weighted by Crippen LogP contribution is -2.13. The van der Waals surface area contributed by atoms with Crippen molar-refractivity contribution in [1.82, 2.24) is 0 Å². The van der Waals surface area contributed by atoms with Crippen LogP contribution in [0.5, 0.6) is 0 Å². The summed E-state index contributed by atoms with van der Waals surface area (Å²) in [5.41, 5.74) is 7.59. The summed E-state index contributed by atoms with van der Waals surface area (Å²) < 4.78 is 0.684. The van der Waals surface area contributed by atoms with Crippen LogP contribution in [-0.4, -0.2) is 10.9 Å². The lowest BCUT2D eigenvalue weighted by Gasteiger charge is -2.08. The number of anilines is 1. The van der Waals surface area contributed by atoms with E-state index in [1.807, 2.05) is 12.1 Å². The Morgan fingerprint density at radius 1 is 1.24 bits per heavy atom. The normalized spacial score (nSPS) is 10.2. The second-order valence-electron chi connectivity index (χ2n) is 4.40. The van der Waals surface area contributed by atoms with Gasteiger partial charge < -0.3 is 11.1 Å². The molecule has 0 spiro atoms. The van der Waals surface area contributed by atoms with Crippen LogP contribution in [-0.2, 0) is 6.42 Å². The van der Waals surface area contributed by atoms with Crippen molar-refractivity contribution in [2.45, 2.75) is 6.42 Å². The fourth-order valence-electron chi connectivity index (χ4n) is 1.78. The average molecular weight is 384 g/mol. The van der Waals surface area contributed by atoms with Crippen molar-refractivity contribution in [1.29, 1.82) is 0 Å². The number of nitrogens with one attached hydrogen (secondary N) is 1. The Labute approximate surface area is 141 Å². The van der Waals surface area contributed by atoms with Crippen LogP contribution in [0.1, 0.15) is 15.9 Å². The quantitative estimate of drug-likeness (QED) is 0.779. The minimum atomic E-state index is -0.261. The predicted octanol–water partition coefficient (Wildman–Crippen LogP) is 4.18. The largest absolute Gasteiger partial charge is 0.393 e. The number of thiocarbonyl (C=S) groups is 1. The maximum absolute atomic E-state index is 12.2. The van der Waals surface area contributed by atoms with E-state index in [4.69, 9.17) is 29.6 Å². The van der Waals surface area contributed by atoms with Gasteiger partial charge in [-0.1, -0.05) is 42.0 Å². The molecular weight excluding hydrogens is 372 g/mol. The van der Waals surface area contributed by atoms with Gasteiger partial charge in [0.15, 0.2) is 0 Å². The summed E-state index contributed by atoms with van der Waals surface area (Å²) in [7, 11) is 0. The van der Waals surface area contributed by atoms with E-state index in [0.717, 1.165) is 5.56 Å². The van der Waals surface area contributed by atoms with E-state index < -0.39 is 0 Å². The number of carbonyl (C=O) groups is 1. The Bertz CT molecular complexity index is 689. The lowest BCUT2D eigenvalue weighted by molar-refractivity contribution is 0.102. The molecule has 2 rings (SSSR count). The molecule has 0 bridgehead atoms. The Morgan fingerprint density at radius 2 is 1.90 bits per heavy atom. The van der Waals surface area contributed by atoms with Crippen molar-refractivity contribution >= 4 is 56.3 Å². The van der Waals surface area contributed by atoms with Crippen molar-refractivity contribution in [3.63, 3.8) is 0 Å². The summed E-state index contributed by atoms with van der Waals surface area (Å²) in [5, 5.41) is 3.19. The molecule has 1 amide bonds. The van der Waals surface area contributed by atoms with E-state index >= 15 is 0 Å². The topological polar surface area (TPSA) is 55.1 Å². The van der Waals surface area contributed by atoms with Gasteiger partial charge in [-0.2, -0.15) is 0 Å². The van der Waals surface area contributed by atoms with Crippen LogP contribution >= 0.6 is 39.7 Å². The molecule has 0 saturated carbocycles. The molecule has 0 saturated heterocycles. The number of amides is 1. The monoisotopic (exact) mass is 382 g/mol. The van der Waals surface area contributed by atoms with Crippen molar-refractivity contribution in [2.75, 3.05) is 5.32 Å². The van der Waals surface area contributed by atoms with Crippen LogP contribution in [0.4, 0.5) is 5.69 Å². The fraction of sp³-hybridized carbons (Fsp3) is 0.0667. The molecule has 0 heterocycles. The van der Waals surface area contributed by atoms with Gasteiger partial charge in [0.25, 0.3) is 5.91 Å². The van der Waals surface area contributed by atoms with Crippen LogP contribution in [0.3, 0.4) is 0 Å². The molecule has 21 heavy (non-hydrogen) atoms. The van der Waals surface area contributed by atoms with Gasteiger partial charge in [-0.3, -0.25) is 4.79 Å². The minimum Gasteiger partial charge on any atom is -0.393 e. The van der Waals surface area contributed by atoms with E-state index in [9.17, 15) is 4.79 Å². The zero-order chi connectivity index (χ0) is 15.4. The van der Waals surface area contributed by atoms with E-state index in [2.05, 4.69) is 21.2 Å². The third-order valence-electron chi connectivity index (χ3n) is 2.79. The fourth-order valence-corrected chi connectivity index (χ4v) is 2.53. The summed E-state index contributed by atoms with van der Waals surface area (Å²) in [4.78, 5) is 12.6. The summed E-state index contributed by atoms with van der Waals surface area (Å²) in [6.07, 6.45) is 0.543. The smallest absolute Gasteiger partial charge is 0.257 e. The Hall–Kier alpha value is -1.43. The number of benzene rings is 2. The molecule has 0 radical (unpaired) electrons. The molecule has 3 N–H and O–H groups in total. The number of carbonyl (C=O) groups excluding carboxylic acids is 1. The van der Waals surface area contributed by atoms with Gasteiger partial charge in [-0.05, 0) is 45.8 Å². The van der Waals surface area contributed by atoms with Gasteiger partial charge in [0.05, 0.1) is 15.6 Å². The standard InChI is InChI=1S/C15H12BrClN2OS/c16-12-3-1-2-11(14(12)17)15(20)19-10-6-4-9(5-7-10)8-13(18)21/h1-7H,8H2,(H2,18,21)(H,19,20). The van der Waals surface area contributed by atoms with Gasteiger partial charge in [0.2, 0.25) is 0 Å². The summed E-state index contributed by atoms with van der Waals surface area (Å²) in [6.45, 7) is 0. The van der Waals surface area contributed by atoms with E-state index in [1.54, 1.807) is 30.3 Å². The summed E-state index contributed by atoms with van der Waals surface area (Å²) in [6, 6.07) is 12.6. The van der Waals surface area contributed by atoms with Crippen molar-refractivity contribution in [3.05, 3.63) is 63.1 Å². The number of hydrogen-bond acceptors (Lipinski definition) is 2. The third kappa shape index (κ3) is 4.27. The minimum absolute atomic E-state index is 0.261. The van der Waals surface area contributed by atoms with Crippen LogP contribution < -0.4 is 11.1 Å². The van der Waals surface area contributed by atoms with Crippen molar-refractivity contribution < 1.29 is 4.79 Å². The number of nitrogens with two attached hydrogens (primary N) is 1. The van der Waals surface area contributed by atoms with Gasteiger partial charge in [0.1, 0.15) is 0 Å². The summed E-state index contributed by atoms with van der Waals surface area (Å²) in [5.74, 6) is -0.261. The van der Waals surface area contributed by atoms with E-state index in [1.165, 1.54) is 0 Å². The number of halogens is 2. The van der Waals surface area contributed by atoms with Crippen LogP contribution in [0.15, 0.2) is 46.9 Å². The van der Waals surface area contributed by atoms with Crippen molar-refractivity contribution in [3.8, 4) is 0 Å². The molecule has 3 nitrogen and oxygen atoms in total. The Balaban J connectivity index is 2.12. The molecule has 0 fully saturated rings. The van der Waals surface area contributed by atoms with Gasteiger partial charge in [-0.15, -0.1) is 0 Å². The van der Waals surface area contributed by atoms with E-state index in [0.29, 0.717) is 32.2 Å². The highest BCUT2D eigenvalue weighted by atomic mass is 79.9. The maximum Gasteiger partial charge on any atom is 0.257 e. The molecule has 0 unspecified atom stereocenters. The van der Waals surface area contributed by atoms with Gasteiger partial charge in [-0.25, -0.2) is 0 Å². The second kappa shape index (κ2) is 7.02. The zero-order valence-corrected chi connectivity index (χ0v) is 14.1. The summed E-state index contributed by atoms with van der Waals surface area (Å²) >= 11 is 14.3. The molecular formula is C15H12BrClN2OS. The molecule has 2 aromatic rings. The highest BCUT2D eigenvalue weighted by Crippen LogP contribution is 2.26. The maximum atomic E-state index is 12.2. The zero-order valence-electron chi connectivity index (χ0n) is 10.9. The predicted molar refractivity (Wildman–Crippen MR) is 94.0 cm³/mol. The molecule has 0 aliphatic carbocycles. The highest BCUT2D eigenvalue weighted by Gasteiger charge is 2.12. The molecule has 2 aromatic carbocycles. The Kier molecular flexibility index (Phi) is 5.33. The SMILES string of the molecule is NC(=S)Cc1ccc(NC(=O)c2cccc(Br)c2Cl)cc1. The van der Waals surface area contributed by atoms with Gasteiger partial charge >= 0.3 is 0 Å². The molecule has 0 aromatic heterocycles. The van der Waals surface area contributed by atoms with Gasteiger partial charge in [0, 0.05) is 16.6 Å². The molecule has 6 heteroatoms. The first-order chi connectivity index (χ1) is 9.97. The Morgan fingerprint density at radius 3 is 2.52 bits per heavy atom. The number of hydrogen-bond donors (Lipinski definition) is 2. The van der Waals surface area contributed by atoms with Crippen molar-refractivity contribution in [2.24, 2.45) is 5.73 Å². The molecule has 108 valence electrons. The average Bonchev–Trinajstić information content (AvgIpc) is 2.43. The first kappa shape index (κ1) is 15.9. The lowest BCUT2D eigenvalue weighted by atomic mass is 10.1. The third-order valence-corrected chi connectivity index (χ3v) is 4.23. The first-order valence-electron chi connectivity index (χ1n) is 6.10. The first-order valence-corrected chi connectivity index (χ1v) is 7.68. The second-order valence-corrected chi connectivity index (χ2v) is 6.15. The molecule has 0 aliphatic rings. The number of rotatable bonds is 4. The van der Waals surface area contributed by atoms with Crippen LogP contribution in [0.2, 0.25) is 5.02 Å².